The van der Waals surface area contributed by atoms with Crippen LogP contribution >= 0.6 is 11.6 Å². The predicted octanol–water partition coefficient (Wildman–Crippen LogP) is 2.00. The Morgan fingerprint density at radius 2 is 1.94 bits per heavy atom. The Hall–Kier alpha value is -1.39. The van der Waals surface area contributed by atoms with E-state index in [2.05, 4.69) is 10.1 Å². The van der Waals surface area contributed by atoms with Crippen molar-refractivity contribution >= 4 is 11.6 Å². The van der Waals surface area contributed by atoms with E-state index in [0.717, 1.165) is 11.4 Å². The second-order valence-electron chi connectivity index (χ2n) is 4.78. The minimum absolute atomic E-state index is 0.464. The standard InChI is InChI=1S/C13H16ClN3O/c1-13(18,8-12-15-9-16-17(12)2)7-10-3-5-11(14)6-4-10/h3-6,9,18H,7-8H2,1-2H3. The first-order chi connectivity index (χ1) is 8.46. The van der Waals surface area contributed by atoms with Gasteiger partial charge in [-0.05, 0) is 24.6 Å². The Morgan fingerprint density at radius 3 is 2.50 bits per heavy atom. The maximum absolute atomic E-state index is 10.4. The first-order valence-corrected chi connectivity index (χ1v) is 6.14. The van der Waals surface area contributed by atoms with Crippen molar-refractivity contribution in [3.63, 3.8) is 0 Å². The van der Waals surface area contributed by atoms with Crippen LogP contribution in [0.25, 0.3) is 0 Å². The lowest BCUT2D eigenvalue weighted by molar-refractivity contribution is 0.0578. The average Bonchev–Trinajstić information content (AvgIpc) is 2.67. The molecule has 1 heterocycles. The van der Waals surface area contributed by atoms with E-state index in [9.17, 15) is 5.11 Å². The van der Waals surface area contributed by atoms with Crippen molar-refractivity contribution in [2.75, 3.05) is 0 Å². The lowest BCUT2D eigenvalue weighted by atomic mass is 9.93. The van der Waals surface area contributed by atoms with Crippen LogP contribution < -0.4 is 0 Å². The summed E-state index contributed by atoms with van der Waals surface area (Å²) < 4.78 is 1.68. The number of aromatic nitrogens is 3. The molecule has 0 amide bonds. The summed E-state index contributed by atoms with van der Waals surface area (Å²) in [5.74, 6) is 0.772. The Balaban J connectivity index is 2.07. The molecule has 0 aliphatic heterocycles. The molecule has 96 valence electrons. The molecule has 2 rings (SSSR count). The molecule has 4 nitrogen and oxygen atoms in total. The van der Waals surface area contributed by atoms with Gasteiger partial charge in [-0.25, -0.2) is 4.98 Å². The predicted molar refractivity (Wildman–Crippen MR) is 70.5 cm³/mol. The Morgan fingerprint density at radius 1 is 1.28 bits per heavy atom. The van der Waals surface area contributed by atoms with Gasteiger partial charge in [0.25, 0.3) is 0 Å². The van der Waals surface area contributed by atoms with Crippen molar-refractivity contribution in [1.29, 1.82) is 0 Å². The monoisotopic (exact) mass is 265 g/mol. The van der Waals surface area contributed by atoms with Crippen molar-refractivity contribution in [2.45, 2.75) is 25.4 Å². The fourth-order valence-electron chi connectivity index (χ4n) is 1.93. The molecule has 5 heteroatoms. The Kier molecular flexibility index (Phi) is 3.68. The number of hydrogen-bond donors (Lipinski definition) is 1. The van der Waals surface area contributed by atoms with Crippen LogP contribution in [-0.4, -0.2) is 25.5 Å². The topological polar surface area (TPSA) is 50.9 Å². The highest BCUT2D eigenvalue weighted by molar-refractivity contribution is 6.30. The quantitative estimate of drug-likeness (QED) is 0.920. The minimum atomic E-state index is -0.853. The molecule has 0 saturated heterocycles. The molecule has 18 heavy (non-hydrogen) atoms. The molecular weight excluding hydrogens is 250 g/mol. The van der Waals surface area contributed by atoms with E-state index in [1.807, 2.05) is 31.3 Å². The number of rotatable bonds is 4. The van der Waals surface area contributed by atoms with Gasteiger partial charge in [-0.1, -0.05) is 23.7 Å². The summed E-state index contributed by atoms with van der Waals surface area (Å²) in [6.07, 6.45) is 2.51. The normalized spacial score (nSPS) is 14.4. The Labute approximate surface area is 111 Å². The first kappa shape index (κ1) is 13.1. The van der Waals surface area contributed by atoms with Gasteiger partial charge >= 0.3 is 0 Å². The average molecular weight is 266 g/mol. The minimum Gasteiger partial charge on any atom is -0.389 e. The molecule has 0 spiro atoms. The van der Waals surface area contributed by atoms with Crippen LogP contribution in [0.5, 0.6) is 0 Å². The van der Waals surface area contributed by atoms with Crippen molar-refractivity contribution in [3.05, 3.63) is 47.0 Å². The third-order valence-electron chi connectivity index (χ3n) is 2.84. The molecule has 2 aromatic rings. The maximum atomic E-state index is 10.4. The van der Waals surface area contributed by atoms with Crippen LogP contribution in [0.1, 0.15) is 18.3 Å². The second-order valence-corrected chi connectivity index (χ2v) is 5.21. The van der Waals surface area contributed by atoms with Gasteiger partial charge in [0.1, 0.15) is 12.2 Å². The van der Waals surface area contributed by atoms with Crippen LogP contribution in [0, 0.1) is 0 Å². The molecule has 1 N–H and O–H groups in total. The van der Waals surface area contributed by atoms with Crippen LogP contribution in [0.4, 0.5) is 0 Å². The van der Waals surface area contributed by atoms with E-state index in [1.165, 1.54) is 6.33 Å². The van der Waals surface area contributed by atoms with Crippen molar-refractivity contribution in [1.82, 2.24) is 14.8 Å². The van der Waals surface area contributed by atoms with Gasteiger partial charge in [0.15, 0.2) is 0 Å². The molecule has 1 unspecified atom stereocenters. The summed E-state index contributed by atoms with van der Waals surface area (Å²) >= 11 is 5.83. The molecule has 1 atom stereocenters. The fraction of sp³-hybridized carbons (Fsp3) is 0.385. The molecule has 0 aliphatic carbocycles. The van der Waals surface area contributed by atoms with Crippen molar-refractivity contribution in [3.8, 4) is 0 Å². The lowest BCUT2D eigenvalue weighted by Gasteiger charge is -2.22. The maximum Gasteiger partial charge on any atom is 0.138 e. The summed E-state index contributed by atoms with van der Waals surface area (Å²) in [6, 6.07) is 7.51. The van der Waals surface area contributed by atoms with Gasteiger partial charge in [-0.15, -0.1) is 0 Å². The van der Waals surface area contributed by atoms with E-state index in [4.69, 9.17) is 11.6 Å². The van der Waals surface area contributed by atoms with Crippen molar-refractivity contribution in [2.24, 2.45) is 7.05 Å². The number of hydrogen-bond acceptors (Lipinski definition) is 3. The van der Waals surface area contributed by atoms with Gasteiger partial charge in [0.2, 0.25) is 0 Å². The Bertz CT molecular complexity index is 519. The molecule has 0 aliphatic rings. The van der Waals surface area contributed by atoms with E-state index < -0.39 is 5.60 Å². The molecular formula is C13H16ClN3O. The van der Waals surface area contributed by atoms with Gasteiger partial charge in [0.05, 0.1) is 5.60 Å². The molecule has 1 aromatic carbocycles. The third kappa shape index (κ3) is 3.31. The van der Waals surface area contributed by atoms with Crippen LogP contribution in [-0.2, 0) is 19.9 Å². The van der Waals surface area contributed by atoms with Gasteiger partial charge in [-0.2, -0.15) is 5.10 Å². The van der Waals surface area contributed by atoms with Crippen LogP contribution in [0.15, 0.2) is 30.6 Å². The smallest absolute Gasteiger partial charge is 0.138 e. The zero-order valence-corrected chi connectivity index (χ0v) is 11.2. The van der Waals surface area contributed by atoms with Gasteiger partial charge < -0.3 is 5.11 Å². The van der Waals surface area contributed by atoms with Crippen LogP contribution in [0.2, 0.25) is 5.02 Å². The fourth-order valence-corrected chi connectivity index (χ4v) is 2.05. The number of halogens is 1. The first-order valence-electron chi connectivity index (χ1n) is 5.76. The zero-order chi connectivity index (χ0) is 13.2. The number of benzene rings is 1. The SMILES string of the molecule is Cn1ncnc1CC(C)(O)Cc1ccc(Cl)cc1. The largest absolute Gasteiger partial charge is 0.389 e. The summed E-state index contributed by atoms with van der Waals surface area (Å²) in [5.41, 5.74) is 0.195. The highest BCUT2D eigenvalue weighted by atomic mass is 35.5. The molecule has 1 aromatic heterocycles. The summed E-state index contributed by atoms with van der Waals surface area (Å²) in [7, 11) is 1.82. The van der Waals surface area contributed by atoms with E-state index >= 15 is 0 Å². The second kappa shape index (κ2) is 5.08. The van der Waals surface area contributed by atoms with Crippen molar-refractivity contribution < 1.29 is 5.11 Å². The lowest BCUT2D eigenvalue weighted by Crippen LogP contribution is -2.31. The third-order valence-corrected chi connectivity index (χ3v) is 3.09. The molecule has 0 bridgehead atoms. The molecule has 0 radical (unpaired) electrons. The summed E-state index contributed by atoms with van der Waals surface area (Å²) in [5, 5.41) is 15.1. The molecule has 0 saturated carbocycles. The highest BCUT2D eigenvalue weighted by Gasteiger charge is 2.23. The number of aryl methyl sites for hydroxylation is 1. The van der Waals surface area contributed by atoms with Gasteiger partial charge in [0, 0.05) is 24.9 Å². The number of aliphatic hydroxyl groups is 1. The van der Waals surface area contributed by atoms with Gasteiger partial charge in [-0.3, -0.25) is 4.68 Å². The van der Waals surface area contributed by atoms with E-state index in [1.54, 1.807) is 11.6 Å². The highest BCUT2D eigenvalue weighted by Crippen LogP contribution is 2.19. The summed E-state index contributed by atoms with van der Waals surface area (Å²) in [4.78, 5) is 4.13. The van der Waals surface area contributed by atoms with E-state index in [0.29, 0.717) is 17.9 Å². The summed E-state index contributed by atoms with van der Waals surface area (Å²) in [6.45, 7) is 1.80. The van der Waals surface area contributed by atoms with E-state index in [-0.39, 0.29) is 0 Å². The molecule has 0 fully saturated rings. The van der Waals surface area contributed by atoms with Crippen LogP contribution in [0.3, 0.4) is 0 Å². The number of nitrogens with zero attached hydrogens (tertiary/aromatic N) is 3. The zero-order valence-electron chi connectivity index (χ0n) is 10.5.